The highest BCUT2D eigenvalue weighted by Gasteiger charge is 2.34. The van der Waals surface area contributed by atoms with E-state index in [0.717, 1.165) is 53.7 Å². The third-order valence-corrected chi connectivity index (χ3v) is 7.44. The van der Waals surface area contributed by atoms with E-state index in [1.807, 2.05) is 30.1 Å². The smallest absolute Gasteiger partial charge is 0.235 e. The Balaban J connectivity index is 1.27. The zero-order valence-electron chi connectivity index (χ0n) is 19.8. The fourth-order valence-corrected chi connectivity index (χ4v) is 5.72. The normalized spacial score (nSPS) is 21.9. The van der Waals surface area contributed by atoms with E-state index in [-0.39, 0.29) is 22.9 Å². The number of phenolic OH excluding ortho intramolecular Hbond substituents is 1. The van der Waals surface area contributed by atoms with Gasteiger partial charge >= 0.3 is 0 Å². The predicted octanol–water partition coefficient (Wildman–Crippen LogP) is 4.93. The second-order valence-corrected chi connectivity index (χ2v) is 9.75. The van der Waals surface area contributed by atoms with Crippen molar-refractivity contribution in [3.8, 4) is 22.6 Å². The number of anilines is 1. The summed E-state index contributed by atoms with van der Waals surface area (Å²) in [5.74, 6) is 0.159. The number of carbonyl (C=O) groups is 1. The van der Waals surface area contributed by atoms with Crippen molar-refractivity contribution in [2.45, 2.75) is 25.0 Å². The van der Waals surface area contributed by atoms with E-state index in [4.69, 9.17) is 9.47 Å². The molecule has 3 aliphatic rings. The Morgan fingerprint density at radius 2 is 1.83 bits per heavy atom. The molecule has 180 valence electrons. The molecule has 4 aromatic rings. The van der Waals surface area contributed by atoms with Crippen LogP contribution in [-0.4, -0.2) is 45.7 Å². The molecule has 2 bridgehead atoms. The van der Waals surface area contributed by atoms with Crippen LogP contribution < -0.4 is 9.64 Å². The first-order valence-electron chi connectivity index (χ1n) is 12.3. The van der Waals surface area contributed by atoms with E-state index in [1.165, 1.54) is 11.8 Å². The van der Waals surface area contributed by atoms with E-state index in [0.29, 0.717) is 18.0 Å². The number of rotatable bonds is 3. The van der Waals surface area contributed by atoms with Gasteiger partial charge in [0.1, 0.15) is 22.7 Å². The number of aryl methyl sites for hydroxylation is 1. The first-order chi connectivity index (χ1) is 17.5. The summed E-state index contributed by atoms with van der Waals surface area (Å²) in [4.78, 5) is 20.0. The topological polar surface area (TPSA) is 76.8 Å². The van der Waals surface area contributed by atoms with Gasteiger partial charge in [0, 0.05) is 49.2 Å². The number of Topliss-reactive ketones (excluding diaryl/α,β-unsaturated/α-hetero) is 1. The molecular weight excluding hydrogens is 454 g/mol. The van der Waals surface area contributed by atoms with Crippen LogP contribution in [0, 0.1) is 0 Å². The summed E-state index contributed by atoms with van der Waals surface area (Å²) >= 11 is 0. The molecule has 5 heterocycles. The van der Waals surface area contributed by atoms with Crippen molar-refractivity contribution in [3.63, 3.8) is 0 Å². The summed E-state index contributed by atoms with van der Waals surface area (Å²) in [5.41, 5.74) is 5.18. The second kappa shape index (κ2) is 7.96. The van der Waals surface area contributed by atoms with Gasteiger partial charge in [0.05, 0.1) is 12.2 Å². The van der Waals surface area contributed by atoms with Crippen LogP contribution in [0.3, 0.4) is 0 Å². The minimum absolute atomic E-state index is 0.0745. The first-order valence-corrected chi connectivity index (χ1v) is 12.3. The van der Waals surface area contributed by atoms with E-state index >= 15 is 0 Å². The molecule has 7 rings (SSSR count). The first kappa shape index (κ1) is 21.2. The number of morpholine rings is 1. The highest BCUT2D eigenvalue weighted by molar-refractivity contribution is 6.17. The molecule has 2 atom stereocenters. The monoisotopic (exact) mass is 479 g/mol. The maximum atomic E-state index is 13.0. The number of aromatic hydroxyl groups is 1. The van der Waals surface area contributed by atoms with Gasteiger partial charge in [-0.25, -0.2) is 4.98 Å². The Labute approximate surface area is 208 Å². The molecule has 36 heavy (non-hydrogen) atoms. The largest absolute Gasteiger partial charge is 0.507 e. The van der Waals surface area contributed by atoms with Crippen LogP contribution >= 0.6 is 0 Å². The lowest BCUT2D eigenvalue weighted by Gasteiger charge is -2.34. The van der Waals surface area contributed by atoms with Crippen molar-refractivity contribution in [1.82, 2.24) is 9.55 Å². The summed E-state index contributed by atoms with van der Waals surface area (Å²) in [6, 6.07) is 15.5. The highest BCUT2D eigenvalue weighted by atomic mass is 16.5. The number of phenols is 1. The van der Waals surface area contributed by atoms with Gasteiger partial charge in [-0.1, -0.05) is 18.2 Å². The summed E-state index contributed by atoms with van der Waals surface area (Å²) in [7, 11) is 1.94. The predicted molar refractivity (Wildman–Crippen MR) is 137 cm³/mol. The fraction of sp³-hybridized carbons (Fsp3) is 0.241. The number of benzene rings is 2. The SMILES string of the molecule is Cn1cc(C=C2Oc3cccc(O)c3C2=O)c2c(-c3ccc(N4CC5CCC(C4)O5)cc3)ccnc21. The highest BCUT2D eigenvalue weighted by Crippen LogP contribution is 2.39. The van der Waals surface area contributed by atoms with Gasteiger partial charge in [0.2, 0.25) is 5.78 Å². The van der Waals surface area contributed by atoms with E-state index in [1.54, 1.807) is 18.2 Å². The summed E-state index contributed by atoms with van der Waals surface area (Å²) in [5, 5.41) is 11.1. The van der Waals surface area contributed by atoms with Crippen LogP contribution in [0.5, 0.6) is 11.5 Å². The minimum Gasteiger partial charge on any atom is -0.507 e. The Bertz CT molecular complexity index is 1540. The number of fused-ring (bicyclic) bond motifs is 4. The molecule has 7 nitrogen and oxygen atoms in total. The molecule has 2 aromatic heterocycles. The Morgan fingerprint density at radius 1 is 1.06 bits per heavy atom. The number of nitrogens with zero attached hydrogens (tertiary/aromatic N) is 3. The molecule has 3 aliphatic heterocycles. The molecular formula is C29H25N3O4. The standard InChI is InChI=1S/C29H25N3O4/c1-31-14-18(13-25-28(34)27-23(33)3-2-4-24(27)36-25)26-22(11-12-30-29(26)31)17-5-7-19(8-6-17)32-15-20-9-10-21(16-32)35-20/h2-8,11-14,20-21,33H,9-10,15-16H2,1H3. The zero-order chi connectivity index (χ0) is 24.4. The lowest BCUT2D eigenvalue weighted by atomic mass is 10.00. The lowest BCUT2D eigenvalue weighted by Crippen LogP contribution is -2.42. The van der Waals surface area contributed by atoms with Gasteiger partial charge < -0.3 is 24.0 Å². The van der Waals surface area contributed by atoms with Crippen LogP contribution in [0.4, 0.5) is 5.69 Å². The number of pyridine rings is 1. The molecule has 2 fully saturated rings. The summed E-state index contributed by atoms with van der Waals surface area (Å²) in [6.07, 6.45) is 8.49. The number of ether oxygens (including phenoxy) is 2. The van der Waals surface area contributed by atoms with Crippen LogP contribution in [0.15, 0.2) is 66.7 Å². The van der Waals surface area contributed by atoms with Crippen molar-refractivity contribution >= 4 is 28.6 Å². The van der Waals surface area contributed by atoms with Gasteiger partial charge in [-0.15, -0.1) is 0 Å². The van der Waals surface area contributed by atoms with Crippen molar-refractivity contribution < 1.29 is 19.4 Å². The van der Waals surface area contributed by atoms with Gasteiger partial charge in [-0.05, 0) is 60.4 Å². The fourth-order valence-electron chi connectivity index (χ4n) is 5.72. The average Bonchev–Trinajstić information content (AvgIpc) is 3.52. The molecule has 0 saturated carbocycles. The molecule has 7 heteroatoms. The van der Waals surface area contributed by atoms with Crippen molar-refractivity contribution in [3.05, 3.63) is 77.8 Å². The molecule has 1 N–H and O–H groups in total. The van der Waals surface area contributed by atoms with Crippen LogP contribution in [0.2, 0.25) is 0 Å². The van der Waals surface area contributed by atoms with E-state index in [9.17, 15) is 9.90 Å². The molecule has 0 spiro atoms. The van der Waals surface area contributed by atoms with Crippen molar-refractivity contribution in [1.29, 1.82) is 0 Å². The third kappa shape index (κ3) is 3.31. The summed E-state index contributed by atoms with van der Waals surface area (Å²) < 4.78 is 13.8. The number of hydrogen-bond acceptors (Lipinski definition) is 6. The Kier molecular flexibility index (Phi) is 4.69. The van der Waals surface area contributed by atoms with Crippen LogP contribution in [0.25, 0.3) is 28.2 Å². The zero-order valence-corrected chi connectivity index (χ0v) is 19.8. The van der Waals surface area contributed by atoms with E-state index < -0.39 is 0 Å². The molecule has 2 saturated heterocycles. The number of allylic oxidation sites excluding steroid dienone is 1. The average molecular weight is 480 g/mol. The molecule has 2 aromatic carbocycles. The lowest BCUT2D eigenvalue weighted by molar-refractivity contribution is 0.0305. The van der Waals surface area contributed by atoms with Gasteiger partial charge in [-0.3, -0.25) is 4.79 Å². The molecule has 0 amide bonds. The van der Waals surface area contributed by atoms with Crippen LogP contribution in [0.1, 0.15) is 28.8 Å². The number of hydrogen-bond donors (Lipinski definition) is 1. The number of carbonyl (C=O) groups excluding carboxylic acids is 1. The number of ketones is 1. The third-order valence-electron chi connectivity index (χ3n) is 7.44. The Hall–Kier alpha value is -4.10. The van der Waals surface area contributed by atoms with E-state index in [2.05, 4.69) is 34.1 Å². The van der Waals surface area contributed by atoms with Crippen molar-refractivity contribution in [2.75, 3.05) is 18.0 Å². The molecule has 0 aliphatic carbocycles. The minimum atomic E-state index is -0.325. The molecule has 2 unspecified atom stereocenters. The summed E-state index contributed by atoms with van der Waals surface area (Å²) in [6.45, 7) is 1.88. The number of aromatic nitrogens is 2. The maximum Gasteiger partial charge on any atom is 0.235 e. The van der Waals surface area contributed by atoms with Crippen LogP contribution in [-0.2, 0) is 11.8 Å². The van der Waals surface area contributed by atoms with Gasteiger partial charge in [0.25, 0.3) is 0 Å². The quantitative estimate of drug-likeness (QED) is 0.420. The van der Waals surface area contributed by atoms with Crippen molar-refractivity contribution in [2.24, 2.45) is 7.05 Å². The maximum absolute atomic E-state index is 13.0. The Morgan fingerprint density at radius 3 is 2.58 bits per heavy atom. The second-order valence-electron chi connectivity index (χ2n) is 9.75. The van der Waals surface area contributed by atoms with Gasteiger partial charge in [-0.2, -0.15) is 0 Å². The van der Waals surface area contributed by atoms with Gasteiger partial charge in [0.15, 0.2) is 5.76 Å². The molecule has 0 radical (unpaired) electrons.